The second-order valence-electron chi connectivity index (χ2n) is 3.17. The Kier molecular flexibility index (Phi) is 5.69. The van der Waals surface area contributed by atoms with Crippen LogP contribution in [0.4, 0.5) is 4.39 Å². The van der Waals surface area contributed by atoms with Gasteiger partial charge in [0.1, 0.15) is 5.82 Å². The minimum absolute atomic E-state index is 0. The van der Waals surface area contributed by atoms with Gasteiger partial charge in [-0.05, 0) is 30.5 Å². The Morgan fingerprint density at radius 3 is 2.71 bits per heavy atom. The van der Waals surface area contributed by atoms with Crippen molar-refractivity contribution in [3.63, 3.8) is 0 Å². The largest absolute Gasteiger partial charge is 0.395 e. The molecule has 0 aliphatic carbocycles. The highest BCUT2D eigenvalue weighted by molar-refractivity contribution is 5.85. The summed E-state index contributed by atoms with van der Waals surface area (Å²) < 4.78 is 13.0. The molecule has 0 aliphatic rings. The summed E-state index contributed by atoms with van der Waals surface area (Å²) in [7, 11) is 0. The van der Waals surface area contributed by atoms with E-state index in [1.165, 1.54) is 6.07 Å². The van der Waals surface area contributed by atoms with Crippen molar-refractivity contribution in [3.05, 3.63) is 35.1 Å². The van der Waals surface area contributed by atoms with Gasteiger partial charge in [0.2, 0.25) is 0 Å². The van der Waals surface area contributed by atoms with E-state index < -0.39 is 0 Å². The predicted molar refractivity (Wildman–Crippen MR) is 57.2 cm³/mol. The standard InChI is InChI=1S/C10H14FNO.ClH/c1-7-8(5-9(12)6-13)3-2-4-10(7)11;/h2-4,9,13H,5-6,12H2,1H3;1H. The van der Waals surface area contributed by atoms with Gasteiger partial charge in [0, 0.05) is 6.04 Å². The van der Waals surface area contributed by atoms with E-state index in [4.69, 9.17) is 10.8 Å². The second-order valence-corrected chi connectivity index (χ2v) is 3.17. The summed E-state index contributed by atoms with van der Waals surface area (Å²) in [5.74, 6) is -0.220. The van der Waals surface area contributed by atoms with Crippen molar-refractivity contribution in [1.29, 1.82) is 0 Å². The van der Waals surface area contributed by atoms with Gasteiger partial charge in [-0.1, -0.05) is 12.1 Å². The van der Waals surface area contributed by atoms with Crippen molar-refractivity contribution in [2.45, 2.75) is 19.4 Å². The number of benzene rings is 1. The first-order chi connectivity index (χ1) is 6.15. The molecule has 0 aliphatic heterocycles. The molecule has 0 bridgehead atoms. The molecule has 0 fully saturated rings. The molecule has 80 valence electrons. The molecular formula is C10H15ClFNO. The predicted octanol–water partition coefficient (Wildman–Crippen LogP) is 1.42. The fourth-order valence-electron chi connectivity index (χ4n) is 1.22. The maximum Gasteiger partial charge on any atom is 0.126 e. The normalized spacial score (nSPS) is 12.0. The van der Waals surface area contributed by atoms with Crippen molar-refractivity contribution < 1.29 is 9.50 Å². The maximum atomic E-state index is 13.0. The van der Waals surface area contributed by atoms with Gasteiger partial charge in [-0.3, -0.25) is 0 Å². The van der Waals surface area contributed by atoms with Crippen molar-refractivity contribution in [3.8, 4) is 0 Å². The Hall–Kier alpha value is -0.640. The van der Waals surface area contributed by atoms with E-state index in [0.717, 1.165) is 5.56 Å². The Balaban J connectivity index is 0.00000169. The van der Waals surface area contributed by atoms with Crippen LogP contribution in [0.1, 0.15) is 11.1 Å². The lowest BCUT2D eigenvalue weighted by atomic mass is 10.0. The van der Waals surface area contributed by atoms with Gasteiger partial charge in [0.15, 0.2) is 0 Å². The number of nitrogens with two attached hydrogens (primary N) is 1. The molecule has 0 saturated carbocycles. The summed E-state index contributed by atoms with van der Waals surface area (Å²) in [6.07, 6.45) is 0.514. The van der Waals surface area contributed by atoms with Gasteiger partial charge in [-0.2, -0.15) is 0 Å². The Labute approximate surface area is 89.3 Å². The van der Waals surface area contributed by atoms with Crippen molar-refractivity contribution in [2.75, 3.05) is 6.61 Å². The molecule has 0 heterocycles. The highest BCUT2D eigenvalue weighted by Crippen LogP contribution is 2.13. The summed E-state index contributed by atoms with van der Waals surface area (Å²) in [5.41, 5.74) is 7.03. The van der Waals surface area contributed by atoms with E-state index >= 15 is 0 Å². The Morgan fingerprint density at radius 1 is 1.50 bits per heavy atom. The summed E-state index contributed by atoms with van der Waals surface area (Å²) in [6.45, 7) is 1.64. The fourth-order valence-corrected chi connectivity index (χ4v) is 1.22. The van der Waals surface area contributed by atoms with Crippen LogP contribution in [0, 0.1) is 12.7 Å². The number of aliphatic hydroxyl groups is 1. The first-order valence-corrected chi connectivity index (χ1v) is 4.25. The van der Waals surface area contributed by atoms with E-state index in [0.29, 0.717) is 12.0 Å². The summed E-state index contributed by atoms with van der Waals surface area (Å²) in [4.78, 5) is 0. The van der Waals surface area contributed by atoms with Crippen LogP contribution in [-0.4, -0.2) is 17.8 Å². The third-order valence-electron chi connectivity index (χ3n) is 2.10. The molecule has 0 amide bonds. The zero-order valence-electron chi connectivity index (χ0n) is 8.03. The lowest BCUT2D eigenvalue weighted by molar-refractivity contribution is 0.265. The van der Waals surface area contributed by atoms with Crippen LogP contribution in [0.3, 0.4) is 0 Å². The van der Waals surface area contributed by atoms with Crippen LogP contribution in [0.25, 0.3) is 0 Å². The second kappa shape index (κ2) is 5.96. The van der Waals surface area contributed by atoms with Crippen LogP contribution < -0.4 is 5.73 Å². The summed E-state index contributed by atoms with van der Waals surface area (Å²) in [6, 6.07) is 4.60. The Bertz CT molecular complexity index is 293. The molecule has 14 heavy (non-hydrogen) atoms. The molecule has 0 saturated heterocycles. The van der Waals surface area contributed by atoms with E-state index in [9.17, 15) is 4.39 Å². The first-order valence-electron chi connectivity index (χ1n) is 4.25. The zero-order valence-corrected chi connectivity index (χ0v) is 8.85. The first kappa shape index (κ1) is 13.4. The molecule has 0 radical (unpaired) electrons. The number of aliphatic hydroxyl groups excluding tert-OH is 1. The van der Waals surface area contributed by atoms with Gasteiger partial charge in [0.05, 0.1) is 6.61 Å². The van der Waals surface area contributed by atoms with Crippen molar-refractivity contribution >= 4 is 12.4 Å². The molecule has 1 atom stereocenters. The van der Waals surface area contributed by atoms with Gasteiger partial charge in [0.25, 0.3) is 0 Å². The molecule has 1 aromatic rings. The number of hydrogen-bond acceptors (Lipinski definition) is 2. The lowest BCUT2D eigenvalue weighted by Crippen LogP contribution is -2.27. The maximum absolute atomic E-state index is 13.0. The summed E-state index contributed by atoms with van der Waals surface area (Å²) >= 11 is 0. The van der Waals surface area contributed by atoms with Crippen LogP contribution in [-0.2, 0) is 6.42 Å². The van der Waals surface area contributed by atoms with Crippen LogP contribution in [0.2, 0.25) is 0 Å². The molecule has 2 nitrogen and oxygen atoms in total. The van der Waals surface area contributed by atoms with Gasteiger partial charge in [-0.25, -0.2) is 4.39 Å². The minimum Gasteiger partial charge on any atom is -0.395 e. The van der Waals surface area contributed by atoms with Crippen molar-refractivity contribution in [1.82, 2.24) is 0 Å². The quantitative estimate of drug-likeness (QED) is 0.808. The minimum atomic E-state index is -0.305. The molecular weight excluding hydrogens is 205 g/mol. The molecule has 1 aromatic carbocycles. The SMILES string of the molecule is Cc1c(F)cccc1CC(N)CO.Cl. The van der Waals surface area contributed by atoms with Crippen LogP contribution in [0.5, 0.6) is 0 Å². The zero-order chi connectivity index (χ0) is 9.84. The van der Waals surface area contributed by atoms with E-state index in [-0.39, 0.29) is 30.9 Å². The average molecular weight is 220 g/mol. The van der Waals surface area contributed by atoms with E-state index in [2.05, 4.69) is 0 Å². The molecule has 0 aromatic heterocycles. The van der Waals surface area contributed by atoms with Gasteiger partial charge < -0.3 is 10.8 Å². The molecule has 3 N–H and O–H groups in total. The third-order valence-corrected chi connectivity index (χ3v) is 2.10. The van der Waals surface area contributed by atoms with E-state index in [1.807, 2.05) is 6.07 Å². The molecule has 1 rings (SSSR count). The van der Waals surface area contributed by atoms with Gasteiger partial charge in [-0.15, -0.1) is 12.4 Å². The fraction of sp³-hybridized carbons (Fsp3) is 0.400. The molecule has 0 spiro atoms. The number of halogens is 2. The number of rotatable bonds is 3. The topological polar surface area (TPSA) is 46.2 Å². The smallest absolute Gasteiger partial charge is 0.126 e. The molecule has 1 unspecified atom stereocenters. The van der Waals surface area contributed by atoms with Gasteiger partial charge >= 0.3 is 0 Å². The number of hydrogen-bond donors (Lipinski definition) is 2. The molecule has 4 heteroatoms. The Morgan fingerprint density at radius 2 is 2.14 bits per heavy atom. The lowest BCUT2D eigenvalue weighted by Gasteiger charge is -2.10. The highest BCUT2D eigenvalue weighted by Gasteiger charge is 2.07. The third kappa shape index (κ3) is 3.25. The monoisotopic (exact) mass is 219 g/mol. The van der Waals surface area contributed by atoms with Crippen LogP contribution in [0.15, 0.2) is 18.2 Å². The average Bonchev–Trinajstić information content (AvgIpc) is 2.13. The highest BCUT2D eigenvalue weighted by atomic mass is 35.5. The summed E-state index contributed by atoms with van der Waals surface area (Å²) in [5, 5.41) is 8.74. The van der Waals surface area contributed by atoms with Crippen molar-refractivity contribution in [2.24, 2.45) is 5.73 Å². The van der Waals surface area contributed by atoms with E-state index in [1.54, 1.807) is 13.0 Å². The van der Waals surface area contributed by atoms with Crippen LogP contribution >= 0.6 is 12.4 Å².